The van der Waals surface area contributed by atoms with E-state index < -0.39 is 21.3 Å². The number of hydrogen-bond donors (Lipinski definition) is 0. The van der Waals surface area contributed by atoms with E-state index in [2.05, 4.69) is 53.0 Å². The molecule has 0 spiro atoms. The first-order chi connectivity index (χ1) is 17.7. The minimum Gasteiger partial charge on any atom is -0.303 e. The third-order valence-electron chi connectivity index (χ3n) is 7.32. The Morgan fingerprint density at radius 3 is 1.62 bits per heavy atom. The van der Waals surface area contributed by atoms with E-state index >= 15 is 0 Å². The first kappa shape index (κ1) is 31.9. The Kier molecular flexibility index (Phi) is 13.7. The van der Waals surface area contributed by atoms with Crippen LogP contribution >= 0.6 is 19.2 Å². The molecule has 0 aromatic heterocycles. The molecule has 1 atom stereocenters. The number of rotatable bonds is 15. The third-order valence-corrected chi connectivity index (χ3v) is 16.0. The molecule has 0 heterocycles. The zero-order chi connectivity index (χ0) is 27.3. The van der Waals surface area contributed by atoms with Gasteiger partial charge in [0.25, 0.3) is 0 Å². The third kappa shape index (κ3) is 9.41. The summed E-state index contributed by atoms with van der Waals surface area (Å²) in [6.07, 6.45) is 3.47. The number of halogens is 1. The van der Waals surface area contributed by atoms with Gasteiger partial charge in [-0.25, -0.2) is 0 Å². The molecular weight excluding hydrogens is 515 g/mol. The van der Waals surface area contributed by atoms with E-state index in [1.54, 1.807) is 0 Å². The molecule has 0 saturated heterocycles. The lowest BCUT2D eigenvalue weighted by Gasteiger charge is -2.38. The Hall–Kier alpha value is -1.34. The van der Waals surface area contributed by atoms with Gasteiger partial charge in [0.05, 0.1) is 13.2 Å². The predicted molar refractivity (Wildman–Crippen MR) is 162 cm³/mol. The van der Waals surface area contributed by atoms with Gasteiger partial charge in [0.2, 0.25) is 0 Å². The topological polar surface area (TPSA) is 35.5 Å². The maximum Gasteiger partial charge on any atom is 0.346 e. The molecule has 0 N–H and O–H groups in total. The van der Waals surface area contributed by atoms with Gasteiger partial charge in [0.1, 0.15) is 13.7 Å². The standard InChI is InChI=1S/C31H46ClO3PSi/c1-26(2)37(27(3)4,28(5)6)23-21-31(20-14-9-15-22-32)36(33,34-24-29-16-10-7-11-17-29)35-25-30-18-12-8-13-19-30/h7-8,10-13,16-19,26-28,31H,9,14-15,20,22,24-25H2,1-6H3/t31-/m1/s1. The minimum atomic E-state index is -3.57. The summed E-state index contributed by atoms with van der Waals surface area (Å²) in [6.45, 7) is 14.3. The molecular formula is C31H46ClO3PSi. The smallest absolute Gasteiger partial charge is 0.303 e. The normalized spacial score (nSPS) is 13.1. The number of benzene rings is 2. The Labute approximate surface area is 232 Å². The van der Waals surface area contributed by atoms with E-state index in [1.807, 2.05) is 60.7 Å². The fourth-order valence-electron chi connectivity index (χ4n) is 5.25. The molecule has 0 saturated carbocycles. The van der Waals surface area contributed by atoms with Crippen molar-refractivity contribution in [3.63, 3.8) is 0 Å². The molecule has 2 aromatic carbocycles. The molecule has 2 rings (SSSR count). The van der Waals surface area contributed by atoms with E-state index in [-0.39, 0.29) is 13.2 Å². The molecule has 3 nitrogen and oxygen atoms in total. The van der Waals surface area contributed by atoms with Crippen molar-refractivity contribution in [3.8, 4) is 11.5 Å². The van der Waals surface area contributed by atoms with Crippen molar-refractivity contribution in [1.82, 2.24) is 0 Å². The van der Waals surface area contributed by atoms with Gasteiger partial charge in [-0.05, 0) is 40.6 Å². The zero-order valence-corrected chi connectivity index (χ0v) is 26.2. The monoisotopic (exact) mass is 560 g/mol. The molecule has 2 aromatic rings. The van der Waals surface area contributed by atoms with Crippen LogP contribution in [0.4, 0.5) is 0 Å². The lowest BCUT2D eigenvalue weighted by atomic mass is 10.1. The van der Waals surface area contributed by atoms with E-state index in [1.165, 1.54) is 0 Å². The first-order valence-electron chi connectivity index (χ1n) is 13.7. The maximum atomic E-state index is 14.6. The quantitative estimate of drug-likeness (QED) is 0.0714. The molecule has 0 aliphatic rings. The van der Waals surface area contributed by atoms with E-state index in [9.17, 15) is 4.57 Å². The lowest BCUT2D eigenvalue weighted by molar-refractivity contribution is 0.186. The van der Waals surface area contributed by atoms with Crippen molar-refractivity contribution in [1.29, 1.82) is 0 Å². The van der Waals surface area contributed by atoms with Crippen molar-refractivity contribution in [2.24, 2.45) is 0 Å². The summed E-state index contributed by atoms with van der Waals surface area (Å²) < 4.78 is 27.0. The maximum absolute atomic E-state index is 14.6. The highest BCUT2D eigenvalue weighted by atomic mass is 35.5. The van der Waals surface area contributed by atoms with Crippen molar-refractivity contribution >= 4 is 27.3 Å². The van der Waals surface area contributed by atoms with Crippen molar-refractivity contribution in [2.75, 3.05) is 5.88 Å². The highest BCUT2D eigenvalue weighted by Crippen LogP contribution is 2.56. The number of hydrogen-bond acceptors (Lipinski definition) is 3. The Morgan fingerprint density at radius 2 is 1.22 bits per heavy atom. The summed E-state index contributed by atoms with van der Waals surface area (Å²) in [6, 6.07) is 19.7. The molecule has 0 aliphatic carbocycles. The van der Waals surface area contributed by atoms with E-state index in [4.69, 9.17) is 20.6 Å². The Balaban J connectivity index is 2.47. The second-order valence-corrected chi connectivity index (χ2v) is 19.0. The van der Waals surface area contributed by atoms with Gasteiger partial charge >= 0.3 is 7.60 Å². The lowest BCUT2D eigenvalue weighted by Crippen LogP contribution is -2.43. The van der Waals surface area contributed by atoms with Crippen LogP contribution in [0.3, 0.4) is 0 Å². The molecule has 6 heteroatoms. The predicted octanol–water partition coefficient (Wildman–Crippen LogP) is 10.0. The molecule has 0 unspecified atom stereocenters. The number of alkyl halides is 1. The van der Waals surface area contributed by atoms with Gasteiger partial charge in [-0.15, -0.1) is 17.1 Å². The fourth-order valence-corrected chi connectivity index (χ4v) is 12.7. The summed E-state index contributed by atoms with van der Waals surface area (Å²) in [5, 5.41) is 0. The summed E-state index contributed by atoms with van der Waals surface area (Å²) in [4.78, 5) is 0. The second kappa shape index (κ2) is 15.9. The van der Waals surface area contributed by atoms with Gasteiger partial charge in [0.15, 0.2) is 0 Å². The zero-order valence-electron chi connectivity index (χ0n) is 23.6. The SMILES string of the molecule is CC(C)[Si](C#C[C@@H](CCCCCCl)P(=O)(OCc1ccccc1)OCc1ccccc1)(C(C)C)C(C)C. The van der Waals surface area contributed by atoms with E-state index in [0.717, 1.165) is 30.4 Å². The van der Waals surface area contributed by atoms with Crippen LogP contribution in [0, 0.1) is 11.5 Å². The Morgan fingerprint density at radius 1 is 0.757 bits per heavy atom. The van der Waals surface area contributed by atoms with Gasteiger partial charge in [-0.2, -0.15) is 0 Å². The summed E-state index contributed by atoms with van der Waals surface area (Å²) >= 11 is 5.94. The number of unbranched alkanes of at least 4 members (excludes halogenated alkanes) is 2. The van der Waals surface area contributed by atoms with Crippen molar-refractivity contribution in [2.45, 2.75) is 103 Å². The van der Waals surface area contributed by atoms with E-state index in [0.29, 0.717) is 28.9 Å². The van der Waals surface area contributed by atoms with Crippen LogP contribution < -0.4 is 0 Å². The highest BCUT2D eigenvalue weighted by molar-refractivity contribution is 7.55. The first-order valence-corrected chi connectivity index (χ1v) is 18.1. The van der Waals surface area contributed by atoms with Gasteiger partial charge < -0.3 is 9.05 Å². The second-order valence-electron chi connectivity index (χ2n) is 10.8. The molecule has 0 radical (unpaired) electrons. The van der Waals surface area contributed by atoms with Gasteiger partial charge in [-0.3, -0.25) is 4.57 Å². The molecule has 204 valence electrons. The largest absolute Gasteiger partial charge is 0.346 e. The average molecular weight is 561 g/mol. The molecule has 0 aliphatic heterocycles. The molecule has 0 amide bonds. The minimum absolute atomic E-state index is 0.230. The summed E-state index contributed by atoms with van der Waals surface area (Å²) in [5.74, 6) is 4.19. The van der Waals surface area contributed by atoms with Crippen LogP contribution in [0.1, 0.15) is 78.4 Å². The Bertz CT molecular complexity index is 946. The van der Waals surface area contributed by atoms with Gasteiger partial charge in [0, 0.05) is 5.88 Å². The van der Waals surface area contributed by atoms with Crippen LogP contribution in [-0.4, -0.2) is 19.6 Å². The fraction of sp³-hybridized carbons (Fsp3) is 0.548. The van der Waals surface area contributed by atoms with Gasteiger partial charge in [-0.1, -0.05) is 121 Å². The molecule has 0 fully saturated rings. The van der Waals surface area contributed by atoms with Crippen LogP contribution in [0.15, 0.2) is 60.7 Å². The highest BCUT2D eigenvalue weighted by Gasteiger charge is 2.43. The van der Waals surface area contributed by atoms with Crippen molar-refractivity contribution in [3.05, 3.63) is 71.8 Å². The molecule has 0 bridgehead atoms. The molecule has 37 heavy (non-hydrogen) atoms. The van der Waals surface area contributed by atoms with Crippen LogP contribution in [-0.2, 0) is 26.8 Å². The van der Waals surface area contributed by atoms with Crippen LogP contribution in [0.25, 0.3) is 0 Å². The summed E-state index contributed by atoms with van der Waals surface area (Å²) in [5.41, 5.74) is 6.74. The van der Waals surface area contributed by atoms with Crippen molar-refractivity contribution < 1.29 is 13.6 Å². The average Bonchev–Trinajstić information content (AvgIpc) is 2.88. The summed E-state index contributed by atoms with van der Waals surface area (Å²) in [7, 11) is -5.58. The van der Waals surface area contributed by atoms with Crippen LogP contribution in [0.5, 0.6) is 0 Å². The van der Waals surface area contributed by atoms with Crippen LogP contribution in [0.2, 0.25) is 16.6 Å².